The molecule has 0 aromatic heterocycles. The lowest BCUT2D eigenvalue weighted by atomic mass is 10.0. The molecular weight excluding hydrogens is 699 g/mol. The molecule has 0 spiro atoms. The monoisotopic (exact) mass is 800 g/mol. The second-order valence-electron chi connectivity index (χ2n) is 17.6. The Morgan fingerprint density at radius 1 is 0.404 bits per heavy atom. The number of allylic oxidation sites excluding steroid dienone is 5. The van der Waals surface area contributed by atoms with E-state index in [-0.39, 0.29) is 12.5 Å². The fourth-order valence-corrected chi connectivity index (χ4v) is 7.90. The van der Waals surface area contributed by atoms with Gasteiger partial charge in [-0.3, -0.25) is 4.79 Å². The van der Waals surface area contributed by atoms with Crippen molar-refractivity contribution in [1.82, 2.24) is 5.32 Å². The Morgan fingerprint density at radius 3 is 1.02 bits per heavy atom. The van der Waals surface area contributed by atoms with Crippen molar-refractivity contribution in [3.63, 3.8) is 0 Å². The van der Waals surface area contributed by atoms with Gasteiger partial charge in [-0.1, -0.05) is 249 Å². The number of aliphatic hydroxyl groups excluding tert-OH is 2. The fraction of sp³-hybridized carbons (Fsp3) is 0.868. The molecule has 0 aliphatic heterocycles. The summed E-state index contributed by atoms with van der Waals surface area (Å²) in [5.41, 5.74) is 0. The first-order chi connectivity index (χ1) is 28.2. The molecule has 0 fully saturated rings. The van der Waals surface area contributed by atoms with Crippen LogP contribution in [0.3, 0.4) is 0 Å². The largest absolute Gasteiger partial charge is 0.394 e. The third-order valence-electron chi connectivity index (χ3n) is 11.8. The molecule has 1 amide bonds. The smallest absolute Gasteiger partial charge is 0.220 e. The number of unbranched alkanes of at least 4 members (excludes halogenated alkanes) is 36. The summed E-state index contributed by atoms with van der Waals surface area (Å²) in [6.07, 6.45) is 65.8. The van der Waals surface area contributed by atoms with Crippen LogP contribution < -0.4 is 5.32 Å². The van der Waals surface area contributed by atoms with Crippen molar-refractivity contribution >= 4 is 5.91 Å². The molecule has 0 saturated heterocycles. The molecule has 0 aliphatic rings. The average molecular weight is 800 g/mol. The summed E-state index contributed by atoms with van der Waals surface area (Å²) in [5, 5.41) is 23.0. The summed E-state index contributed by atoms with van der Waals surface area (Å²) >= 11 is 0. The van der Waals surface area contributed by atoms with Gasteiger partial charge in [0.05, 0.1) is 18.8 Å². The molecule has 4 heteroatoms. The van der Waals surface area contributed by atoms with Gasteiger partial charge in [-0.25, -0.2) is 0 Å². The normalized spacial score (nSPS) is 13.1. The van der Waals surface area contributed by atoms with Gasteiger partial charge in [0.15, 0.2) is 0 Å². The third kappa shape index (κ3) is 45.5. The SMILES string of the molecule is CCCCCCCCCC/C=C\CCCCCCCCCCCCCCCCCCCCCC(=O)NC(CO)C(O)/C=C/CC/C=C/CCCCCCCCCC. The van der Waals surface area contributed by atoms with Crippen LogP contribution in [0.5, 0.6) is 0 Å². The van der Waals surface area contributed by atoms with E-state index in [0.717, 1.165) is 32.1 Å². The minimum Gasteiger partial charge on any atom is -0.394 e. The number of nitrogens with one attached hydrogen (secondary N) is 1. The molecule has 3 N–H and O–H groups in total. The highest BCUT2D eigenvalue weighted by molar-refractivity contribution is 5.76. The van der Waals surface area contributed by atoms with Crippen molar-refractivity contribution in [3.8, 4) is 0 Å². The maximum Gasteiger partial charge on any atom is 0.220 e. The summed E-state index contributed by atoms with van der Waals surface area (Å²) in [5.74, 6) is -0.0705. The first-order valence-electron chi connectivity index (χ1n) is 25.7. The maximum atomic E-state index is 12.4. The summed E-state index contributed by atoms with van der Waals surface area (Å²) in [4.78, 5) is 12.4. The predicted molar refractivity (Wildman–Crippen MR) is 253 cm³/mol. The lowest BCUT2D eigenvalue weighted by Gasteiger charge is -2.19. The molecule has 0 rings (SSSR count). The molecule has 2 unspecified atom stereocenters. The van der Waals surface area contributed by atoms with E-state index in [9.17, 15) is 15.0 Å². The molecule has 4 nitrogen and oxygen atoms in total. The molecule has 0 bridgehead atoms. The summed E-state index contributed by atoms with van der Waals surface area (Å²) in [6.45, 7) is 4.30. The minimum absolute atomic E-state index is 0.0705. The molecule has 0 aromatic carbocycles. The number of hydrogen-bond acceptors (Lipinski definition) is 3. The van der Waals surface area contributed by atoms with E-state index in [1.54, 1.807) is 6.08 Å². The number of amides is 1. The number of rotatable bonds is 47. The van der Waals surface area contributed by atoms with Crippen molar-refractivity contribution in [2.45, 2.75) is 289 Å². The Balaban J connectivity index is 3.46. The van der Waals surface area contributed by atoms with Crippen LogP contribution in [-0.4, -0.2) is 34.9 Å². The lowest BCUT2D eigenvalue weighted by Crippen LogP contribution is -2.45. The quantitative estimate of drug-likeness (QED) is 0.0424. The maximum absolute atomic E-state index is 12.4. The molecule has 2 atom stereocenters. The molecule has 0 saturated carbocycles. The Labute approximate surface area is 357 Å². The van der Waals surface area contributed by atoms with Crippen molar-refractivity contribution in [2.24, 2.45) is 0 Å². The van der Waals surface area contributed by atoms with Gasteiger partial charge in [-0.05, 0) is 57.8 Å². The van der Waals surface area contributed by atoms with Crippen molar-refractivity contribution in [1.29, 1.82) is 0 Å². The molecule has 57 heavy (non-hydrogen) atoms. The van der Waals surface area contributed by atoms with E-state index >= 15 is 0 Å². The van der Waals surface area contributed by atoms with Gasteiger partial charge in [0.2, 0.25) is 5.91 Å². The lowest BCUT2D eigenvalue weighted by molar-refractivity contribution is -0.123. The van der Waals surface area contributed by atoms with Crippen LogP contribution in [-0.2, 0) is 4.79 Å². The Hall–Kier alpha value is -1.39. The van der Waals surface area contributed by atoms with Gasteiger partial charge in [-0.2, -0.15) is 0 Å². The van der Waals surface area contributed by atoms with E-state index in [2.05, 4.69) is 43.5 Å². The zero-order valence-corrected chi connectivity index (χ0v) is 38.6. The van der Waals surface area contributed by atoms with Crippen LogP contribution in [0.4, 0.5) is 0 Å². The Bertz CT molecular complexity index is 866. The number of carbonyl (C=O) groups excluding carboxylic acids is 1. The average Bonchev–Trinajstić information content (AvgIpc) is 3.22. The number of aliphatic hydroxyl groups is 2. The summed E-state index contributed by atoms with van der Waals surface area (Å²) in [6, 6.07) is -0.636. The standard InChI is InChI=1S/C53H101NO3/c1-3-5-7-9-11-13-15-17-19-20-21-22-23-24-25-26-27-28-29-30-31-32-33-34-35-37-39-41-43-45-47-49-53(57)54-51(50-55)52(56)48-46-44-42-40-38-36-18-16-14-12-10-8-6-4-2/h20-21,38,40,46,48,51-52,55-56H,3-19,22-37,39,41-45,47,49-50H2,1-2H3,(H,54,57)/b21-20-,40-38+,48-46+. The zero-order valence-electron chi connectivity index (χ0n) is 38.6. The Morgan fingerprint density at radius 2 is 0.684 bits per heavy atom. The van der Waals surface area contributed by atoms with Crippen LogP contribution in [0.1, 0.15) is 277 Å². The van der Waals surface area contributed by atoms with Crippen LogP contribution in [0.15, 0.2) is 36.5 Å². The van der Waals surface area contributed by atoms with Crippen LogP contribution >= 0.6 is 0 Å². The summed E-state index contributed by atoms with van der Waals surface area (Å²) in [7, 11) is 0. The molecule has 336 valence electrons. The summed E-state index contributed by atoms with van der Waals surface area (Å²) < 4.78 is 0. The zero-order chi connectivity index (χ0) is 41.4. The van der Waals surface area contributed by atoms with E-state index in [4.69, 9.17) is 0 Å². The minimum atomic E-state index is -0.859. The van der Waals surface area contributed by atoms with Gasteiger partial charge in [0, 0.05) is 6.42 Å². The molecule has 0 radical (unpaired) electrons. The fourth-order valence-electron chi connectivity index (χ4n) is 7.90. The van der Waals surface area contributed by atoms with Gasteiger partial charge in [0.1, 0.15) is 0 Å². The van der Waals surface area contributed by atoms with Crippen LogP contribution in [0.25, 0.3) is 0 Å². The highest BCUT2D eigenvalue weighted by atomic mass is 16.3. The molecule has 0 heterocycles. The van der Waals surface area contributed by atoms with E-state index in [1.807, 2.05) is 6.08 Å². The van der Waals surface area contributed by atoms with E-state index in [0.29, 0.717) is 6.42 Å². The van der Waals surface area contributed by atoms with E-state index < -0.39 is 12.1 Å². The first kappa shape index (κ1) is 55.6. The topological polar surface area (TPSA) is 69.6 Å². The second kappa shape index (κ2) is 49.0. The van der Waals surface area contributed by atoms with Crippen LogP contribution in [0.2, 0.25) is 0 Å². The first-order valence-corrected chi connectivity index (χ1v) is 25.7. The highest BCUT2D eigenvalue weighted by Gasteiger charge is 2.17. The van der Waals surface area contributed by atoms with E-state index in [1.165, 1.54) is 225 Å². The van der Waals surface area contributed by atoms with Gasteiger partial charge in [-0.15, -0.1) is 0 Å². The molecule has 0 aromatic rings. The van der Waals surface area contributed by atoms with Crippen molar-refractivity contribution < 1.29 is 15.0 Å². The number of hydrogen-bond donors (Lipinski definition) is 3. The van der Waals surface area contributed by atoms with Crippen molar-refractivity contribution in [2.75, 3.05) is 6.61 Å². The van der Waals surface area contributed by atoms with Gasteiger partial charge >= 0.3 is 0 Å². The predicted octanol–water partition coefficient (Wildman–Crippen LogP) is 16.5. The Kier molecular flexibility index (Phi) is 47.8. The molecule has 0 aliphatic carbocycles. The van der Waals surface area contributed by atoms with Crippen molar-refractivity contribution in [3.05, 3.63) is 36.5 Å². The molecular formula is C53H101NO3. The highest BCUT2D eigenvalue weighted by Crippen LogP contribution is 2.16. The van der Waals surface area contributed by atoms with Gasteiger partial charge < -0.3 is 15.5 Å². The van der Waals surface area contributed by atoms with Gasteiger partial charge in [0.25, 0.3) is 0 Å². The third-order valence-corrected chi connectivity index (χ3v) is 11.8. The number of carbonyl (C=O) groups is 1. The van der Waals surface area contributed by atoms with Crippen LogP contribution in [0, 0.1) is 0 Å². The second-order valence-corrected chi connectivity index (χ2v) is 17.6.